The van der Waals surface area contributed by atoms with Crippen LogP contribution in [0.1, 0.15) is 30.7 Å². The minimum absolute atomic E-state index is 0.166. The summed E-state index contributed by atoms with van der Waals surface area (Å²) in [5.41, 5.74) is 5.09. The Morgan fingerprint density at radius 1 is 1.04 bits per heavy atom. The lowest BCUT2D eigenvalue weighted by molar-refractivity contribution is -0.0660. The molecule has 5 aromatic rings. The van der Waals surface area contributed by atoms with Gasteiger partial charge in [-0.05, 0) is 54.2 Å². The van der Waals surface area contributed by atoms with E-state index in [4.69, 9.17) is 4.74 Å². The molecule has 2 fully saturated rings. The van der Waals surface area contributed by atoms with Crippen molar-refractivity contribution in [1.82, 2.24) is 34.0 Å². The molecule has 0 spiro atoms. The van der Waals surface area contributed by atoms with Crippen LogP contribution in [0.3, 0.4) is 0 Å². The lowest BCUT2D eigenvalue weighted by Gasteiger charge is -2.43. The maximum absolute atomic E-state index is 13.7. The average molecular weight is 636 g/mol. The van der Waals surface area contributed by atoms with Crippen LogP contribution in [-0.2, 0) is 24.2 Å². The predicted octanol–water partition coefficient (Wildman–Crippen LogP) is 2.51. The van der Waals surface area contributed by atoms with E-state index >= 15 is 0 Å². The first-order valence-electron chi connectivity index (χ1n) is 16.0. The minimum Gasteiger partial charge on any atom is -0.392 e. The second-order valence-corrected chi connectivity index (χ2v) is 13.4. The summed E-state index contributed by atoms with van der Waals surface area (Å²) in [4.78, 5) is 40.4. The Morgan fingerprint density at radius 2 is 1.87 bits per heavy atom. The van der Waals surface area contributed by atoms with Crippen LogP contribution in [0.5, 0.6) is 0 Å². The van der Waals surface area contributed by atoms with Gasteiger partial charge in [0.2, 0.25) is 0 Å². The first-order valence-corrected chi connectivity index (χ1v) is 16.0. The van der Waals surface area contributed by atoms with Crippen LogP contribution in [0.15, 0.2) is 64.7 Å². The highest BCUT2D eigenvalue weighted by molar-refractivity contribution is 5.71. The molecule has 0 atom stereocenters. The number of nitrogens with one attached hydrogen (secondary N) is 2. The van der Waals surface area contributed by atoms with Crippen LogP contribution in [0.4, 0.5) is 17.2 Å². The first kappa shape index (κ1) is 29.5. The Labute approximate surface area is 270 Å². The van der Waals surface area contributed by atoms with Crippen molar-refractivity contribution in [2.45, 2.75) is 39.3 Å². The second-order valence-electron chi connectivity index (χ2n) is 13.4. The molecule has 1 aliphatic carbocycles. The van der Waals surface area contributed by atoms with E-state index in [1.807, 2.05) is 35.0 Å². The Bertz CT molecular complexity index is 2090. The van der Waals surface area contributed by atoms with Gasteiger partial charge in [0.25, 0.3) is 11.1 Å². The lowest BCUT2D eigenvalue weighted by Crippen LogP contribution is -2.56. The number of H-pyrrole nitrogens is 1. The van der Waals surface area contributed by atoms with E-state index in [-0.39, 0.29) is 16.7 Å². The standard InChI is InChI=1S/C34H37N9O4/c1-34(2)15-21-13-28-33(46)43(12-11-42(28)29(21)16-34)31-25(18-44)24(5-6-35-31)26-14-27(32(45)39-38-26)37-30-4-3-22(17-36-30)40-7-9-41(10-8-40)23-19-47-20-23/h3-6,11-14,17,23,44H,7-10,15-16,18-20H2,1-2H3,(H,39,45)(H,36,37,38). The molecule has 0 saturated carbocycles. The van der Waals surface area contributed by atoms with Crippen molar-refractivity contribution in [1.29, 1.82) is 0 Å². The van der Waals surface area contributed by atoms with Crippen molar-refractivity contribution in [3.63, 3.8) is 0 Å². The van der Waals surface area contributed by atoms with Gasteiger partial charge in [0.15, 0.2) is 0 Å². The number of hydrogen-bond donors (Lipinski definition) is 3. The number of anilines is 3. The Hall–Kier alpha value is -4.85. The summed E-state index contributed by atoms with van der Waals surface area (Å²) < 4.78 is 8.77. The molecule has 0 unspecified atom stereocenters. The SMILES string of the molecule is CC1(C)Cc2cc3c(=O)n(-c4nccc(-c5cc(Nc6ccc(N7CCN(C8COC8)CC7)cn6)c(=O)[nH]n5)c4CO)ccn3c2C1. The Kier molecular flexibility index (Phi) is 7.19. The number of aliphatic hydroxyl groups excluding tert-OH is 1. The highest BCUT2D eigenvalue weighted by Crippen LogP contribution is 2.37. The molecule has 47 heavy (non-hydrogen) atoms. The molecule has 0 radical (unpaired) electrons. The van der Waals surface area contributed by atoms with Crippen molar-refractivity contribution in [2.24, 2.45) is 5.41 Å². The van der Waals surface area contributed by atoms with E-state index in [9.17, 15) is 14.7 Å². The predicted molar refractivity (Wildman–Crippen MR) is 178 cm³/mol. The number of hydrogen-bond acceptors (Lipinski definition) is 10. The number of aromatic nitrogens is 6. The molecular formula is C34H37N9O4. The summed E-state index contributed by atoms with van der Waals surface area (Å²) in [5.74, 6) is 0.822. The molecule has 0 aromatic carbocycles. The van der Waals surface area contributed by atoms with Gasteiger partial charge in [-0.3, -0.25) is 19.1 Å². The molecule has 3 aliphatic rings. The smallest absolute Gasteiger partial charge is 0.287 e. The van der Waals surface area contributed by atoms with Crippen LogP contribution >= 0.6 is 0 Å². The number of aliphatic hydroxyl groups is 1. The zero-order valence-electron chi connectivity index (χ0n) is 26.4. The molecule has 7 heterocycles. The molecular weight excluding hydrogens is 598 g/mol. The third kappa shape index (κ3) is 5.29. The topological polar surface area (TPSA) is 146 Å². The van der Waals surface area contributed by atoms with Crippen molar-refractivity contribution < 1.29 is 9.84 Å². The van der Waals surface area contributed by atoms with Gasteiger partial charge in [-0.15, -0.1) is 0 Å². The number of ether oxygens (including phenoxy) is 1. The molecule has 13 heteroatoms. The molecule has 8 rings (SSSR count). The van der Waals surface area contributed by atoms with Crippen LogP contribution < -0.4 is 21.3 Å². The van der Waals surface area contributed by atoms with Gasteiger partial charge in [-0.2, -0.15) is 5.10 Å². The molecule has 2 saturated heterocycles. The quantitative estimate of drug-likeness (QED) is 0.244. The summed E-state index contributed by atoms with van der Waals surface area (Å²) in [6.45, 7) is 9.55. The van der Waals surface area contributed by atoms with Gasteiger partial charge >= 0.3 is 0 Å². The van der Waals surface area contributed by atoms with Crippen LogP contribution in [-0.4, -0.2) is 84.6 Å². The van der Waals surface area contributed by atoms with Crippen molar-refractivity contribution in [3.8, 4) is 17.1 Å². The zero-order chi connectivity index (χ0) is 32.3. The first-order chi connectivity index (χ1) is 22.8. The third-order valence-electron chi connectivity index (χ3n) is 9.68. The van der Waals surface area contributed by atoms with Crippen molar-refractivity contribution in [3.05, 3.63) is 92.6 Å². The number of piperazine rings is 1. The maximum Gasteiger partial charge on any atom is 0.287 e. The molecule has 5 aromatic heterocycles. The molecule has 13 nitrogen and oxygen atoms in total. The van der Waals surface area contributed by atoms with E-state index in [0.717, 1.165) is 63.6 Å². The van der Waals surface area contributed by atoms with Crippen molar-refractivity contribution in [2.75, 3.05) is 49.6 Å². The molecule has 242 valence electrons. The fourth-order valence-corrected chi connectivity index (χ4v) is 7.11. The minimum atomic E-state index is -0.415. The zero-order valence-corrected chi connectivity index (χ0v) is 26.4. The molecule has 2 aliphatic heterocycles. The number of fused-ring (bicyclic) bond motifs is 3. The summed E-state index contributed by atoms with van der Waals surface area (Å²) in [5, 5.41) is 20.5. The van der Waals surface area contributed by atoms with E-state index in [2.05, 4.69) is 49.1 Å². The Balaban J connectivity index is 1.05. The van der Waals surface area contributed by atoms with E-state index in [0.29, 0.717) is 40.0 Å². The maximum atomic E-state index is 13.7. The van der Waals surface area contributed by atoms with Crippen LogP contribution in [0.2, 0.25) is 0 Å². The highest BCUT2D eigenvalue weighted by atomic mass is 16.5. The third-order valence-corrected chi connectivity index (χ3v) is 9.68. The summed E-state index contributed by atoms with van der Waals surface area (Å²) in [6.07, 6.45) is 8.78. The average Bonchev–Trinajstić information content (AvgIpc) is 3.54. The van der Waals surface area contributed by atoms with E-state index in [1.165, 1.54) is 10.1 Å². The summed E-state index contributed by atoms with van der Waals surface area (Å²) in [6, 6.07) is 9.69. The number of pyridine rings is 2. The molecule has 0 amide bonds. The fraction of sp³-hybridized carbons (Fsp3) is 0.382. The van der Waals surface area contributed by atoms with Crippen molar-refractivity contribution >= 4 is 22.7 Å². The molecule has 0 bridgehead atoms. The Morgan fingerprint density at radius 3 is 2.60 bits per heavy atom. The van der Waals surface area contributed by atoms with E-state index < -0.39 is 12.2 Å². The normalized spacial score (nSPS) is 18.0. The van der Waals surface area contributed by atoms with Gasteiger partial charge in [-0.25, -0.2) is 15.1 Å². The number of rotatable bonds is 7. The van der Waals surface area contributed by atoms with Gasteiger partial charge < -0.3 is 24.5 Å². The monoisotopic (exact) mass is 635 g/mol. The van der Waals surface area contributed by atoms with Gasteiger partial charge in [-0.1, -0.05) is 13.8 Å². The van der Waals surface area contributed by atoms with E-state index in [1.54, 1.807) is 24.5 Å². The highest BCUT2D eigenvalue weighted by Gasteiger charge is 2.32. The summed E-state index contributed by atoms with van der Waals surface area (Å²) in [7, 11) is 0. The number of aromatic amines is 1. The van der Waals surface area contributed by atoms with Gasteiger partial charge in [0, 0.05) is 61.6 Å². The largest absolute Gasteiger partial charge is 0.392 e. The van der Waals surface area contributed by atoms with Crippen LogP contribution in [0.25, 0.3) is 22.6 Å². The lowest BCUT2D eigenvalue weighted by atomic mass is 9.90. The second kappa shape index (κ2) is 11.4. The van der Waals surface area contributed by atoms with Gasteiger partial charge in [0.05, 0.1) is 43.4 Å². The number of nitrogens with zero attached hydrogens (tertiary/aromatic N) is 7. The van der Waals surface area contributed by atoms with Crippen LogP contribution in [0, 0.1) is 5.41 Å². The molecule has 3 N–H and O–H groups in total. The summed E-state index contributed by atoms with van der Waals surface area (Å²) >= 11 is 0. The van der Waals surface area contributed by atoms with Gasteiger partial charge in [0.1, 0.15) is 22.8 Å². The fourth-order valence-electron chi connectivity index (χ4n) is 7.11.